The Labute approximate surface area is 115 Å². The zero-order chi connectivity index (χ0) is 12.9. The van der Waals surface area contributed by atoms with Crippen LogP contribution >= 0.6 is 34.8 Å². The number of hydrogen-bond donors (Lipinski definition) is 1. The highest BCUT2D eigenvalue weighted by atomic mass is 35.6. The molecular weight excluding hydrogens is 288 g/mol. The Morgan fingerprint density at radius 2 is 2.06 bits per heavy atom. The van der Waals surface area contributed by atoms with Gasteiger partial charge in [-0.05, 0) is 6.42 Å². The zero-order valence-electron chi connectivity index (χ0n) is 9.13. The van der Waals surface area contributed by atoms with Gasteiger partial charge >= 0.3 is 0 Å². The van der Waals surface area contributed by atoms with E-state index in [-0.39, 0.29) is 12.3 Å². The molecule has 1 fully saturated rings. The molecule has 0 bridgehead atoms. The van der Waals surface area contributed by atoms with Crippen LogP contribution in [0.1, 0.15) is 12.8 Å². The second-order valence-corrected chi connectivity index (χ2v) is 5.84. The number of alkyl halides is 3. The first-order valence-electron chi connectivity index (χ1n) is 5.17. The highest BCUT2D eigenvalue weighted by Gasteiger charge is 2.31. The van der Waals surface area contributed by atoms with Crippen molar-refractivity contribution in [3.63, 3.8) is 0 Å². The molecule has 1 saturated heterocycles. The van der Waals surface area contributed by atoms with Crippen LogP contribution in [-0.2, 0) is 14.3 Å². The molecule has 1 rings (SSSR count). The summed E-state index contributed by atoms with van der Waals surface area (Å²) in [6.45, 7) is 4.82. The number of hydrogen-bond acceptors (Lipinski definition) is 3. The van der Waals surface area contributed by atoms with Crippen LogP contribution in [0.25, 0.3) is 0 Å². The molecule has 0 aromatic rings. The number of amides is 1. The molecule has 1 N–H and O–H groups in total. The van der Waals surface area contributed by atoms with Crippen LogP contribution in [0.15, 0.2) is 12.7 Å². The molecule has 1 aliphatic rings. The molecule has 4 nitrogen and oxygen atoms in total. The Morgan fingerprint density at radius 3 is 2.53 bits per heavy atom. The van der Waals surface area contributed by atoms with E-state index in [2.05, 4.69) is 11.9 Å². The molecule has 1 aliphatic heterocycles. The fraction of sp³-hybridized carbons (Fsp3) is 0.700. The maximum atomic E-state index is 11.4. The summed E-state index contributed by atoms with van der Waals surface area (Å²) in [4.78, 5) is 11.4. The normalized spacial score (nSPS) is 19.0. The fourth-order valence-corrected chi connectivity index (χ4v) is 1.55. The van der Waals surface area contributed by atoms with Crippen molar-refractivity contribution in [1.29, 1.82) is 0 Å². The number of ether oxygens (including phenoxy) is 2. The molecular formula is C10H14Cl3NO3. The molecule has 7 heteroatoms. The molecule has 1 amide bonds. The molecule has 98 valence electrons. The molecule has 1 atom stereocenters. The summed E-state index contributed by atoms with van der Waals surface area (Å²) in [5.74, 6) is -0.666. The van der Waals surface area contributed by atoms with Gasteiger partial charge in [0.1, 0.15) is 0 Å². The Balaban J connectivity index is 2.32. The summed E-state index contributed by atoms with van der Waals surface area (Å²) in [5, 5.41) is 2.57. The van der Waals surface area contributed by atoms with Crippen LogP contribution in [-0.4, -0.2) is 35.2 Å². The standard InChI is InChI=1S/C10H14Cl3NO3/c1-2-7(14-9(15)10(11,12)13)3-4-8-16-5-6-17-8/h2,7-8H,1,3-6H2,(H,14,15). The lowest BCUT2D eigenvalue weighted by molar-refractivity contribution is -0.120. The summed E-state index contributed by atoms with van der Waals surface area (Å²) >= 11 is 16.3. The highest BCUT2D eigenvalue weighted by Crippen LogP contribution is 2.26. The monoisotopic (exact) mass is 301 g/mol. The van der Waals surface area contributed by atoms with E-state index in [4.69, 9.17) is 44.3 Å². The van der Waals surface area contributed by atoms with Gasteiger partial charge in [0.15, 0.2) is 6.29 Å². The molecule has 0 aromatic heterocycles. The topological polar surface area (TPSA) is 47.6 Å². The van der Waals surface area contributed by atoms with Crippen LogP contribution in [0, 0.1) is 0 Å². The molecule has 0 radical (unpaired) electrons. The summed E-state index contributed by atoms with van der Waals surface area (Å²) in [6.07, 6.45) is 2.63. The molecule has 1 heterocycles. The third-order valence-electron chi connectivity index (χ3n) is 2.26. The molecule has 1 unspecified atom stereocenters. The quantitative estimate of drug-likeness (QED) is 0.625. The smallest absolute Gasteiger partial charge is 0.272 e. The first-order chi connectivity index (χ1) is 7.93. The number of halogens is 3. The van der Waals surface area contributed by atoms with Crippen molar-refractivity contribution in [3.8, 4) is 0 Å². The van der Waals surface area contributed by atoms with Crippen molar-refractivity contribution >= 4 is 40.7 Å². The van der Waals surface area contributed by atoms with Crippen LogP contribution in [0.4, 0.5) is 0 Å². The minimum Gasteiger partial charge on any atom is -0.350 e. The van der Waals surface area contributed by atoms with Gasteiger partial charge in [0, 0.05) is 12.5 Å². The SMILES string of the molecule is C=CC(CCC1OCCO1)NC(=O)C(Cl)(Cl)Cl. The Kier molecular flexibility index (Phi) is 6.03. The number of carbonyl (C=O) groups excluding carboxylic acids is 1. The predicted octanol–water partition coefficient (Wildman–Crippen LogP) is 2.18. The summed E-state index contributed by atoms with van der Waals surface area (Å²) in [5.41, 5.74) is 0. The molecule has 0 aliphatic carbocycles. The summed E-state index contributed by atoms with van der Waals surface area (Å²) in [7, 11) is 0. The van der Waals surface area contributed by atoms with Crippen molar-refractivity contribution in [2.24, 2.45) is 0 Å². The van der Waals surface area contributed by atoms with Crippen molar-refractivity contribution in [2.45, 2.75) is 29.0 Å². The van der Waals surface area contributed by atoms with E-state index in [0.29, 0.717) is 26.1 Å². The molecule has 0 aromatic carbocycles. The second-order valence-electron chi connectivity index (χ2n) is 3.56. The number of nitrogens with one attached hydrogen (secondary N) is 1. The van der Waals surface area contributed by atoms with E-state index in [1.807, 2.05) is 0 Å². The third-order valence-corrected chi connectivity index (χ3v) is 2.78. The number of rotatable bonds is 5. The Bertz CT molecular complexity index is 274. The van der Waals surface area contributed by atoms with Gasteiger partial charge in [-0.15, -0.1) is 6.58 Å². The van der Waals surface area contributed by atoms with Crippen LogP contribution in [0.2, 0.25) is 0 Å². The van der Waals surface area contributed by atoms with Crippen LogP contribution in [0.5, 0.6) is 0 Å². The predicted molar refractivity (Wildman–Crippen MR) is 67.3 cm³/mol. The van der Waals surface area contributed by atoms with Gasteiger partial charge in [0.2, 0.25) is 0 Å². The van der Waals surface area contributed by atoms with Gasteiger partial charge in [-0.25, -0.2) is 0 Å². The first-order valence-corrected chi connectivity index (χ1v) is 6.30. The lowest BCUT2D eigenvalue weighted by Gasteiger charge is -2.19. The van der Waals surface area contributed by atoms with Crippen molar-refractivity contribution in [2.75, 3.05) is 13.2 Å². The maximum Gasteiger partial charge on any atom is 0.272 e. The minimum absolute atomic E-state index is 0.220. The van der Waals surface area contributed by atoms with E-state index < -0.39 is 9.70 Å². The maximum absolute atomic E-state index is 11.4. The second kappa shape index (κ2) is 6.81. The Morgan fingerprint density at radius 1 is 1.47 bits per heavy atom. The van der Waals surface area contributed by atoms with E-state index in [1.54, 1.807) is 6.08 Å². The van der Waals surface area contributed by atoms with Crippen molar-refractivity contribution in [1.82, 2.24) is 5.32 Å². The average Bonchev–Trinajstić information content (AvgIpc) is 2.75. The van der Waals surface area contributed by atoms with E-state index in [9.17, 15) is 4.79 Å². The van der Waals surface area contributed by atoms with Crippen LogP contribution in [0.3, 0.4) is 0 Å². The average molecular weight is 303 g/mol. The van der Waals surface area contributed by atoms with Gasteiger partial charge in [-0.3, -0.25) is 4.79 Å². The Hall–Kier alpha value is -0.000000000000000111. The molecule has 0 spiro atoms. The summed E-state index contributed by atoms with van der Waals surface area (Å²) < 4.78 is 8.59. The van der Waals surface area contributed by atoms with Gasteiger partial charge < -0.3 is 14.8 Å². The fourth-order valence-electron chi connectivity index (χ4n) is 1.39. The third kappa shape index (κ3) is 5.44. The van der Waals surface area contributed by atoms with Gasteiger partial charge in [-0.2, -0.15) is 0 Å². The van der Waals surface area contributed by atoms with Gasteiger partial charge in [-0.1, -0.05) is 40.9 Å². The van der Waals surface area contributed by atoms with E-state index in [0.717, 1.165) is 0 Å². The summed E-state index contributed by atoms with van der Waals surface area (Å²) in [6, 6.07) is -0.272. The van der Waals surface area contributed by atoms with Gasteiger partial charge in [0.25, 0.3) is 9.70 Å². The van der Waals surface area contributed by atoms with Crippen LogP contribution < -0.4 is 5.32 Å². The van der Waals surface area contributed by atoms with Crippen molar-refractivity contribution < 1.29 is 14.3 Å². The van der Waals surface area contributed by atoms with Gasteiger partial charge in [0.05, 0.1) is 13.2 Å². The lowest BCUT2D eigenvalue weighted by atomic mass is 10.1. The zero-order valence-corrected chi connectivity index (χ0v) is 11.4. The minimum atomic E-state index is -1.96. The van der Waals surface area contributed by atoms with E-state index >= 15 is 0 Å². The lowest BCUT2D eigenvalue weighted by Crippen LogP contribution is -2.41. The molecule has 0 saturated carbocycles. The first kappa shape index (κ1) is 15.1. The largest absolute Gasteiger partial charge is 0.350 e. The number of carbonyl (C=O) groups is 1. The highest BCUT2D eigenvalue weighted by molar-refractivity contribution is 6.76. The molecule has 17 heavy (non-hydrogen) atoms. The van der Waals surface area contributed by atoms with Crippen molar-refractivity contribution in [3.05, 3.63) is 12.7 Å². The van der Waals surface area contributed by atoms with E-state index in [1.165, 1.54) is 0 Å².